The molecule has 0 saturated carbocycles. The molecule has 0 aromatic heterocycles. The highest BCUT2D eigenvalue weighted by Crippen LogP contribution is 2.37. The quantitative estimate of drug-likeness (QED) is 0.257. The third kappa shape index (κ3) is 9.32. The highest BCUT2D eigenvalue weighted by atomic mass is 31.2. The lowest BCUT2D eigenvalue weighted by Crippen LogP contribution is -2.20. The Bertz CT molecular complexity index is 330. The standard InChI is InChI=1S/C10H20NO6P/c1-9(2)10(12)15-7-8-17-18(13,14)16-6-5-11(3)4/h1,5-8H2,2-4H3,(H,13,14)/p-1. The lowest BCUT2D eigenvalue weighted by molar-refractivity contribution is -0.226. The van der Waals surface area contributed by atoms with Gasteiger partial charge in [-0.25, -0.2) is 4.79 Å². The molecule has 106 valence electrons. The van der Waals surface area contributed by atoms with Crippen molar-refractivity contribution in [3.05, 3.63) is 12.2 Å². The second-order valence-corrected chi connectivity index (χ2v) is 5.24. The summed E-state index contributed by atoms with van der Waals surface area (Å²) in [7, 11) is -0.745. The third-order valence-corrected chi connectivity index (χ3v) is 2.70. The van der Waals surface area contributed by atoms with E-state index in [0.717, 1.165) is 0 Å². The maximum Gasteiger partial charge on any atom is 0.333 e. The average molecular weight is 280 g/mol. The summed E-state index contributed by atoms with van der Waals surface area (Å²) in [5, 5.41) is 0. The topological polar surface area (TPSA) is 88.1 Å². The number of carbonyl (C=O) groups excluding carboxylic acids is 1. The fourth-order valence-corrected chi connectivity index (χ4v) is 1.46. The van der Waals surface area contributed by atoms with Gasteiger partial charge >= 0.3 is 5.97 Å². The summed E-state index contributed by atoms with van der Waals surface area (Å²) >= 11 is 0. The molecule has 0 aliphatic heterocycles. The van der Waals surface area contributed by atoms with Gasteiger partial charge in [-0.3, -0.25) is 4.57 Å². The van der Waals surface area contributed by atoms with E-state index in [4.69, 9.17) is 0 Å². The van der Waals surface area contributed by atoms with Crippen LogP contribution in [0.5, 0.6) is 0 Å². The van der Waals surface area contributed by atoms with Crippen molar-refractivity contribution >= 4 is 13.8 Å². The number of hydrogen-bond acceptors (Lipinski definition) is 7. The largest absolute Gasteiger partial charge is 0.756 e. The molecule has 0 spiro atoms. The maximum atomic E-state index is 11.2. The van der Waals surface area contributed by atoms with Gasteiger partial charge < -0.3 is 23.6 Å². The Balaban J connectivity index is 3.73. The monoisotopic (exact) mass is 280 g/mol. The van der Waals surface area contributed by atoms with Gasteiger partial charge in [0.2, 0.25) is 0 Å². The molecule has 1 unspecified atom stereocenters. The van der Waals surface area contributed by atoms with E-state index in [9.17, 15) is 14.3 Å². The summed E-state index contributed by atoms with van der Waals surface area (Å²) in [5.41, 5.74) is 0.238. The van der Waals surface area contributed by atoms with Crippen molar-refractivity contribution in [3.8, 4) is 0 Å². The van der Waals surface area contributed by atoms with Crippen LogP contribution in [0.25, 0.3) is 0 Å². The van der Waals surface area contributed by atoms with Crippen molar-refractivity contribution in [2.45, 2.75) is 6.92 Å². The van der Waals surface area contributed by atoms with Crippen LogP contribution in [0.15, 0.2) is 12.2 Å². The zero-order valence-corrected chi connectivity index (χ0v) is 11.8. The second-order valence-electron chi connectivity index (χ2n) is 3.83. The molecular formula is C10H19NO6P-. The van der Waals surface area contributed by atoms with E-state index in [1.807, 2.05) is 0 Å². The van der Waals surface area contributed by atoms with Gasteiger partial charge in [0.1, 0.15) is 6.61 Å². The molecule has 18 heavy (non-hydrogen) atoms. The van der Waals surface area contributed by atoms with Gasteiger partial charge in [0, 0.05) is 12.1 Å². The summed E-state index contributed by atoms with van der Waals surface area (Å²) in [5.74, 6) is -0.590. The third-order valence-electron chi connectivity index (χ3n) is 1.70. The van der Waals surface area contributed by atoms with Gasteiger partial charge in [-0.1, -0.05) is 6.58 Å². The van der Waals surface area contributed by atoms with Crippen LogP contribution in [-0.2, 0) is 23.1 Å². The lowest BCUT2D eigenvalue weighted by atomic mass is 10.4. The first-order valence-electron chi connectivity index (χ1n) is 5.32. The highest BCUT2D eigenvalue weighted by molar-refractivity contribution is 7.45. The van der Waals surface area contributed by atoms with Crippen molar-refractivity contribution < 1.29 is 28.0 Å². The van der Waals surface area contributed by atoms with Gasteiger partial charge in [-0.15, -0.1) is 0 Å². The number of phosphoric ester groups is 1. The summed E-state index contributed by atoms with van der Waals surface area (Å²) in [4.78, 5) is 23.9. The molecule has 0 aliphatic carbocycles. The van der Waals surface area contributed by atoms with Crippen LogP contribution in [0.4, 0.5) is 0 Å². The van der Waals surface area contributed by atoms with Crippen LogP contribution >= 0.6 is 7.82 Å². The first-order chi connectivity index (χ1) is 8.24. The Labute approximate surface area is 107 Å². The minimum absolute atomic E-state index is 0.0132. The van der Waals surface area contributed by atoms with E-state index in [1.165, 1.54) is 6.92 Å². The Morgan fingerprint density at radius 2 is 1.83 bits per heavy atom. The number of nitrogens with zero attached hydrogens (tertiary/aromatic N) is 1. The molecule has 0 saturated heterocycles. The van der Waals surface area contributed by atoms with Crippen LogP contribution in [0.3, 0.4) is 0 Å². The summed E-state index contributed by atoms with van der Waals surface area (Å²) in [6, 6.07) is 0. The minimum atomic E-state index is -4.32. The predicted octanol–water partition coefficient (Wildman–Crippen LogP) is 0.169. The van der Waals surface area contributed by atoms with Gasteiger partial charge in [-0.05, 0) is 21.0 Å². The summed E-state index contributed by atoms with van der Waals surface area (Å²) < 4.78 is 24.9. The van der Waals surface area contributed by atoms with Gasteiger partial charge in [0.05, 0.1) is 13.2 Å². The van der Waals surface area contributed by atoms with E-state index < -0.39 is 13.8 Å². The number of ether oxygens (including phenoxy) is 1. The number of esters is 1. The Morgan fingerprint density at radius 3 is 2.33 bits per heavy atom. The Hall–Kier alpha value is -0.720. The van der Waals surface area contributed by atoms with E-state index in [1.54, 1.807) is 19.0 Å². The van der Waals surface area contributed by atoms with Crippen LogP contribution in [0.2, 0.25) is 0 Å². The number of rotatable bonds is 9. The van der Waals surface area contributed by atoms with E-state index in [2.05, 4.69) is 20.4 Å². The number of likely N-dealkylation sites (N-methyl/N-ethyl adjacent to an activating group) is 1. The Kier molecular flexibility index (Phi) is 8.06. The van der Waals surface area contributed by atoms with E-state index >= 15 is 0 Å². The summed E-state index contributed by atoms with van der Waals surface area (Å²) in [6.45, 7) is 4.89. The number of phosphoric acid groups is 1. The van der Waals surface area contributed by atoms with Crippen molar-refractivity contribution in [3.63, 3.8) is 0 Å². The van der Waals surface area contributed by atoms with Gasteiger partial charge in [0.15, 0.2) is 0 Å². The maximum absolute atomic E-state index is 11.2. The molecule has 0 heterocycles. The van der Waals surface area contributed by atoms with E-state index in [-0.39, 0.29) is 25.4 Å². The van der Waals surface area contributed by atoms with E-state index in [0.29, 0.717) is 6.54 Å². The average Bonchev–Trinajstić information content (AvgIpc) is 2.23. The SMILES string of the molecule is C=C(C)C(=O)OCCOP(=O)([O-])OCCN(C)C. The molecule has 0 rings (SSSR count). The fraction of sp³-hybridized carbons (Fsp3) is 0.700. The zero-order valence-electron chi connectivity index (χ0n) is 10.9. The molecule has 0 fully saturated rings. The van der Waals surface area contributed by atoms with Gasteiger partial charge in [-0.2, -0.15) is 0 Å². The molecule has 0 N–H and O–H groups in total. The minimum Gasteiger partial charge on any atom is -0.756 e. The molecule has 0 aromatic rings. The van der Waals surface area contributed by atoms with Crippen LogP contribution in [0, 0.1) is 0 Å². The fourth-order valence-electron chi connectivity index (χ4n) is 0.779. The lowest BCUT2D eigenvalue weighted by Gasteiger charge is -2.23. The molecule has 1 atom stereocenters. The molecule has 0 aromatic carbocycles. The molecule has 0 amide bonds. The van der Waals surface area contributed by atoms with Crippen molar-refractivity contribution in [2.24, 2.45) is 0 Å². The smallest absolute Gasteiger partial charge is 0.333 e. The number of carbonyl (C=O) groups is 1. The first-order valence-corrected chi connectivity index (χ1v) is 6.78. The van der Waals surface area contributed by atoms with Crippen molar-refractivity contribution in [2.75, 3.05) is 40.5 Å². The van der Waals surface area contributed by atoms with Crippen LogP contribution in [-0.4, -0.2) is 51.3 Å². The molecule has 0 aliphatic rings. The van der Waals surface area contributed by atoms with Gasteiger partial charge in [0.25, 0.3) is 7.82 Å². The number of hydrogen-bond donors (Lipinski definition) is 0. The van der Waals surface area contributed by atoms with Crippen molar-refractivity contribution in [1.29, 1.82) is 0 Å². The van der Waals surface area contributed by atoms with Crippen molar-refractivity contribution in [1.82, 2.24) is 4.90 Å². The highest BCUT2D eigenvalue weighted by Gasteiger charge is 2.10. The van der Waals surface area contributed by atoms with Crippen LogP contribution < -0.4 is 4.89 Å². The molecular weight excluding hydrogens is 261 g/mol. The molecule has 8 heteroatoms. The predicted molar refractivity (Wildman–Crippen MR) is 63.8 cm³/mol. The molecule has 0 radical (unpaired) electrons. The van der Waals surface area contributed by atoms with Crippen LogP contribution in [0.1, 0.15) is 6.92 Å². The molecule has 0 bridgehead atoms. The Morgan fingerprint density at radius 1 is 1.28 bits per heavy atom. The summed E-state index contributed by atoms with van der Waals surface area (Å²) in [6.07, 6.45) is 0. The molecule has 7 nitrogen and oxygen atoms in total. The zero-order chi connectivity index (χ0) is 14.2. The normalized spacial score (nSPS) is 14.3. The second kappa shape index (κ2) is 8.39. The first kappa shape index (κ1) is 17.3.